The zero-order chi connectivity index (χ0) is 21.8. The number of nitrogens with one attached hydrogen (secondary N) is 1. The quantitative estimate of drug-likeness (QED) is 0.448. The van der Waals surface area contributed by atoms with Crippen LogP contribution in [-0.2, 0) is 4.74 Å². The number of benzene rings is 2. The van der Waals surface area contributed by atoms with E-state index in [4.69, 9.17) is 4.74 Å². The molecule has 0 spiro atoms. The minimum Gasteiger partial charge on any atom is -0.462 e. The van der Waals surface area contributed by atoms with Crippen molar-refractivity contribution in [1.29, 1.82) is 0 Å². The molecular weight excluding hydrogens is 390 g/mol. The van der Waals surface area contributed by atoms with Gasteiger partial charge in [0.1, 0.15) is 5.65 Å². The number of pyridine rings is 1. The van der Waals surface area contributed by atoms with E-state index in [0.29, 0.717) is 29.1 Å². The second kappa shape index (κ2) is 8.83. The molecule has 6 heteroatoms. The standard InChI is InChI=1S/C25H23N3O3/c1-17(2)16-31-25(30)19-8-10-21(11-9-19)26-24(29)20-12-13-28-15-22(27-23(28)14-20)18-6-4-3-5-7-18/h3-15,17H,16H2,1-2H3,(H,26,29). The Bertz CT molecular complexity index is 1210. The molecule has 2 heterocycles. The second-order valence-corrected chi connectivity index (χ2v) is 7.70. The van der Waals surface area contributed by atoms with Gasteiger partial charge in [0, 0.05) is 29.2 Å². The van der Waals surface area contributed by atoms with Gasteiger partial charge >= 0.3 is 5.97 Å². The molecule has 2 aromatic carbocycles. The first kappa shape index (κ1) is 20.3. The molecule has 0 bridgehead atoms. The molecule has 0 fully saturated rings. The smallest absolute Gasteiger partial charge is 0.338 e. The van der Waals surface area contributed by atoms with Gasteiger partial charge in [-0.3, -0.25) is 4.79 Å². The number of carbonyl (C=O) groups is 2. The number of hydrogen-bond acceptors (Lipinski definition) is 4. The summed E-state index contributed by atoms with van der Waals surface area (Å²) in [5.41, 5.74) is 4.10. The number of amides is 1. The third-order valence-electron chi connectivity index (χ3n) is 4.72. The van der Waals surface area contributed by atoms with Crippen LogP contribution in [0, 0.1) is 5.92 Å². The highest BCUT2D eigenvalue weighted by molar-refractivity contribution is 6.05. The van der Waals surface area contributed by atoms with Gasteiger partial charge < -0.3 is 14.5 Å². The number of carbonyl (C=O) groups excluding carboxylic acids is 2. The molecule has 1 amide bonds. The Morgan fingerprint density at radius 3 is 2.45 bits per heavy atom. The number of imidazole rings is 1. The Morgan fingerprint density at radius 2 is 1.74 bits per heavy atom. The van der Waals surface area contributed by atoms with Crippen molar-refractivity contribution in [2.75, 3.05) is 11.9 Å². The van der Waals surface area contributed by atoms with Crippen LogP contribution >= 0.6 is 0 Å². The van der Waals surface area contributed by atoms with E-state index in [1.165, 1.54) is 0 Å². The van der Waals surface area contributed by atoms with E-state index in [0.717, 1.165) is 11.3 Å². The summed E-state index contributed by atoms with van der Waals surface area (Å²) in [4.78, 5) is 29.3. The average molecular weight is 413 g/mol. The number of ether oxygens (including phenoxy) is 1. The molecule has 4 aromatic rings. The lowest BCUT2D eigenvalue weighted by Gasteiger charge is -2.08. The van der Waals surface area contributed by atoms with Gasteiger partial charge in [-0.15, -0.1) is 0 Å². The molecule has 0 aliphatic heterocycles. The lowest BCUT2D eigenvalue weighted by atomic mass is 10.2. The Morgan fingerprint density at radius 1 is 1.00 bits per heavy atom. The molecule has 4 rings (SSSR count). The molecular formula is C25H23N3O3. The van der Waals surface area contributed by atoms with Crippen LogP contribution in [0.5, 0.6) is 0 Å². The lowest BCUT2D eigenvalue weighted by Crippen LogP contribution is -2.13. The number of fused-ring (bicyclic) bond motifs is 1. The first-order chi connectivity index (χ1) is 15.0. The molecule has 0 aliphatic carbocycles. The molecule has 0 saturated carbocycles. The summed E-state index contributed by atoms with van der Waals surface area (Å²) < 4.78 is 7.10. The summed E-state index contributed by atoms with van der Waals surface area (Å²) in [5, 5.41) is 2.85. The van der Waals surface area contributed by atoms with Gasteiger partial charge in [0.2, 0.25) is 0 Å². The van der Waals surface area contributed by atoms with Crippen molar-refractivity contribution in [3.8, 4) is 11.3 Å². The molecule has 0 atom stereocenters. The maximum absolute atomic E-state index is 12.7. The molecule has 31 heavy (non-hydrogen) atoms. The third-order valence-corrected chi connectivity index (χ3v) is 4.72. The first-order valence-electron chi connectivity index (χ1n) is 10.1. The zero-order valence-electron chi connectivity index (χ0n) is 17.4. The van der Waals surface area contributed by atoms with Gasteiger partial charge in [-0.1, -0.05) is 44.2 Å². The summed E-state index contributed by atoms with van der Waals surface area (Å²) in [6.45, 7) is 4.34. The van der Waals surface area contributed by atoms with Crippen LogP contribution in [0.25, 0.3) is 16.9 Å². The van der Waals surface area contributed by atoms with Gasteiger partial charge in [-0.2, -0.15) is 0 Å². The van der Waals surface area contributed by atoms with Crippen LogP contribution < -0.4 is 5.32 Å². The van der Waals surface area contributed by atoms with E-state index >= 15 is 0 Å². The van der Waals surface area contributed by atoms with Gasteiger partial charge in [-0.05, 0) is 42.3 Å². The molecule has 0 saturated heterocycles. The number of hydrogen-bond donors (Lipinski definition) is 1. The predicted molar refractivity (Wildman–Crippen MR) is 120 cm³/mol. The van der Waals surface area contributed by atoms with Crippen molar-refractivity contribution in [2.45, 2.75) is 13.8 Å². The second-order valence-electron chi connectivity index (χ2n) is 7.70. The van der Waals surface area contributed by atoms with E-state index in [1.807, 2.05) is 61.0 Å². The molecule has 0 aliphatic rings. The van der Waals surface area contributed by atoms with Crippen molar-refractivity contribution in [1.82, 2.24) is 9.38 Å². The largest absolute Gasteiger partial charge is 0.462 e. The fourth-order valence-corrected chi connectivity index (χ4v) is 3.09. The van der Waals surface area contributed by atoms with Crippen LogP contribution in [0.4, 0.5) is 5.69 Å². The minimum atomic E-state index is -0.370. The number of rotatable bonds is 6. The Kier molecular flexibility index (Phi) is 5.80. The summed E-state index contributed by atoms with van der Waals surface area (Å²) in [5.74, 6) is -0.342. The Balaban J connectivity index is 1.46. The van der Waals surface area contributed by atoms with Crippen LogP contribution in [0.3, 0.4) is 0 Å². The highest BCUT2D eigenvalue weighted by atomic mass is 16.5. The number of nitrogens with zero attached hydrogens (tertiary/aromatic N) is 2. The first-order valence-corrected chi connectivity index (χ1v) is 10.1. The van der Waals surface area contributed by atoms with Gasteiger partial charge in [0.05, 0.1) is 17.9 Å². The normalized spacial score (nSPS) is 10.9. The van der Waals surface area contributed by atoms with E-state index in [-0.39, 0.29) is 17.8 Å². The average Bonchev–Trinajstić information content (AvgIpc) is 3.22. The van der Waals surface area contributed by atoms with E-state index in [9.17, 15) is 9.59 Å². The minimum absolute atomic E-state index is 0.248. The number of aromatic nitrogens is 2. The molecule has 1 N–H and O–H groups in total. The highest BCUT2D eigenvalue weighted by Gasteiger charge is 2.12. The van der Waals surface area contributed by atoms with Crippen molar-refractivity contribution in [2.24, 2.45) is 5.92 Å². The van der Waals surface area contributed by atoms with Crippen LogP contribution in [0.1, 0.15) is 34.6 Å². The summed E-state index contributed by atoms with van der Waals surface area (Å²) in [7, 11) is 0. The van der Waals surface area contributed by atoms with Crippen LogP contribution in [0.15, 0.2) is 79.1 Å². The molecule has 2 aromatic heterocycles. The lowest BCUT2D eigenvalue weighted by molar-refractivity contribution is 0.0459. The van der Waals surface area contributed by atoms with E-state index in [1.54, 1.807) is 36.4 Å². The van der Waals surface area contributed by atoms with Gasteiger partial charge in [0.15, 0.2) is 0 Å². The topological polar surface area (TPSA) is 72.7 Å². The van der Waals surface area contributed by atoms with Crippen molar-refractivity contribution < 1.29 is 14.3 Å². The monoisotopic (exact) mass is 413 g/mol. The predicted octanol–water partition coefficient (Wildman–Crippen LogP) is 5.07. The van der Waals surface area contributed by atoms with Gasteiger partial charge in [0.25, 0.3) is 5.91 Å². The summed E-state index contributed by atoms with van der Waals surface area (Å²) in [6, 6.07) is 20.0. The molecule has 156 valence electrons. The van der Waals surface area contributed by atoms with Gasteiger partial charge in [-0.25, -0.2) is 9.78 Å². The third kappa shape index (κ3) is 4.80. The maximum atomic E-state index is 12.7. The fraction of sp³-hybridized carbons (Fsp3) is 0.160. The molecule has 0 radical (unpaired) electrons. The number of esters is 1. The Hall–Kier alpha value is -3.93. The fourth-order valence-electron chi connectivity index (χ4n) is 3.09. The summed E-state index contributed by atoms with van der Waals surface area (Å²) >= 11 is 0. The van der Waals surface area contributed by atoms with Crippen molar-refractivity contribution >= 4 is 23.2 Å². The summed E-state index contributed by atoms with van der Waals surface area (Å²) in [6.07, 6.45) is 3.75. The number of anilines is 1. The highest BCUT2D eigenvalue weighted by Crippen LogP contribution is 2.20. The van der Waals surface area contributed by atoms with Crippen LogP contribution in [-0.4, -0.2) is 27.9 Å². The van der Waals surface area contributed by atoms with E-state index in [2.05, 4.69) is 10.3 Å². The SMILES string of the molecule is CC(C)COC(=O)c1ccc(NC(=O)c2ccn3cc(-c4ccccc4)nc3c2)cc1. The zero-order valence-corrected chi connectivity index (χ0v) is 17.4. The van der Waals surface area contributed by atoms with E-state index < -0.39 is 0 Å². The molecule has 6 nitrogen and oxygen atoms in total. The van der Waals surface area contributed by atoms with Crippen LogP contribution in [0.2, 0.25) is 0 Å². The maximum Gasteiger partial charge on any atom is 0.338 e. The Labute approximate surface area is 180 Å². The molecule has 0 unspecified atom stereocenters. The van der Waals surface area contributed by atoms with Crippen molar-refractivity contribution in [3.05, 3.63) is 90.3 Å². The van der Waals surface area contributed by atoms with Crippen molar-refractivity contribution in [3.63, 3.8) is 0 Å².